The maximum atomic E-state index is 14.2. The van der Waals surface area contributed by atoms with Gasteiger partial charge in [0.2, 0.25) is 0 Å². The highest BCUT2D eigenvalue weighted by Crippen LogP contribution is 2.41. The predicted octanol–water partition coefficient (Wildman–Crippen LogP) is 0.364. The zero-order valence-electron chi connectivity index (χ0n) is 10.3. The van der Waals surface area contributed by atoms with Gasteiger partial charge in [0.25, 0.3) is 0 Å². The zero-order chi connectivity index (χ0) is 12.8. The smallest absolute Gasteiger partial charge is 0.313 e. The Morgan fingerprint density at radius 2 is 2.44 bits per heavy atom. The van der Waals surface area contributed by atoms with Crippen molar-refractivity contribution in [3.8, 4) is 0 Å². The molecule has 0 bridgehead atoms. The highest BCUT2D eigenvalue weighted by Gasteiger charge is 2.58. The van der Waals surface area contributed by atoms with Gasteiger partial charge in [-0.3, -0.25) is 4.90 Å². The minimum Gasteiger partial charge on any atom is -0.313 e. The molecule has 1 amide bonds. The summed E-state index contributed by atoms with van der Waals surface area (Å²) in [6.07, 6.45) is 2.42. The fraction of sp³-hybridized carbons (Fsp3) is 0.727. The molecule has 0 radical (unpaired) electrons. The molecule has 1 aromatic heterocycles. The van der Waals surface area contributed by atoms with E-state index in [9.17, 15) is 9.18 Å². The Hall–Kier alpha value is -1.50. The van der Waals surface area contributed by atoms with Crippen LogP contribution in [0.5, 0.6) is 0 Å². The van der Waals surface area contributed by atoms with E-state index in [1.54, 1.807) is 4.90 Å². The van der Waals surface area contributed by atoms with Crippen molar-refractivity contribution >= 4 is 6.03 Å². The number of halogens is 1. The maximum Gasteiger partial charge on any atom is 0.346 e. The van der Waals surface area contributed by atoms with Gasteiger partial charge in [-0.1, -0.05) is 6.92 Å². The first kappa shape index (κ1) is 11.6. The molecule has 1 spiro atoms. The minimum atomic E-state index is -0.973. The number of carbonyl (C=O) groups excluding carboxylic acids is 1. The number of amides is 1. The summed E-state index contributed by atoms with van der Waals surface area (Å²) in [6.45, 7) is 4.45. The minimum absolute atomic E-state index is 0.278. The van der Waals surface area contributed by atoms with Gasteiger partial charge in [-0.05, 0) is 13.0 Å². The van der Waals surface area contributed by atoms with E-state index in [1.807, 2.05) is 11.8 Å². The Labute approximate surface area is 104 Å². The lowest BCUT2D eigenvalue weighted by Crippen LogP contribution is -2.68. The number of rotatable bonds is 1. The Balaban J connectivity index is 1.81. The van der Waals surface area contributed by atoms with E-state index in [2.05, 4.69) is 10.1 Å². The summed E-state index contributed by atoms with van der Waals surface area (Å²) in [5.74, 6) is 0. The Morgan fingerprint density at radius 1 is 1.61 bits per heavy atom. The molecule has 6 nitrogen and oxygen atoms in total. The van der Waals surface area contributed by atoms with Crippen LogP contribution in [0.3, 0.4) is 0 Å². The van der Waals surface area contributed by atoms with E-state index >= 15 is 0 Å². The van der Waals surface area contributed by atoms with E-state index < -0.39 is 11.7 Å². The molecule has 2 fully saturated rings. The Kier molecular flexibility index (Phi) is 2.58. The summed E-state index contributed by atoms with van der Waals surface area (Å²) in [4.78, 5) is 19.6. The van der Waals surface area contributed by atoms with Gasteiger partial charge in [0.15, 0.2) is 0 Å². The number of hydrogen-bond donors (Lipinski definition) is 0. The molecule has 7 heteroatoms. The van der Waals surface area contributed by atoms with Crippen molar-refractivity contribution in [3.05, 3.63) is 12.7 Å². The van der Waals surface area contributed by atoms with Crippen LogP contribution in [0.25, 0.3) is 0 Å². The molecule has 98 valence electrons. The van der Waals surface area contributed by atoms with Gasteiger partial charge >= 0.3 is 6.03 Å². The second kappa shape index (κ2) is 4.01. The molecule has 2 unspecified atom stereocenters. The van der Waals surface area contributed by atoms with Crippen LogP contribution >= 0.6 is 0 Å². The van der Waals surface area contributed by atoms with Gasteiger partial charge in [-0.15, -0.1) is 0 Å². The molecule has 2 atom stereocenters. The van der Waals surface area contributed by atoms with Gasteiger partial charge in [-0.25, -0.2) is 14.2 Å². The van der Waals surface area contributed by atoms with Crippen molar-refractivity contribution in [2.75, 3.05) is 26.2 Å². The number of aromatic nitrogens is 3. The van der Waals surface area contributed by atoms with Gasteiger partial charge in [0, 0.05) is 19.6 Å². The molecule has 0 aliphatic carbocycles. The number of hydrogen-bond acceptors (Lipinski definition) is 4. The molecule has 3 rings (SSSR count). The van der Waals surface area contributed by atoms with Crippen molar-refractivity contribution in [2.45, 2.75) is 25.1 Å². The van der Waals surface area contributed by atoms with E-state index in [4.69, 9.17) is 0 Å². The fourth-order valence-corrected chi connectivity index (χ4v) is 2.91. The van der Waals surface area contributed by atoms with Crippen molar-refractivity contribution in [1.29, 1.82) is 0 Å². The van der Waals surface area contributed by atoms with Crippen LogP contribution in [0, 0.1) is 0 Å². The maximum absolute atomic E-state index is 14.2. The van der Waals surface area contributed by atoms with Gasteiger partial charge in [-0.2, -0.15) is 9.78 Å². The second-order valence-electron chi connectivity index (χ2n) is 4.92. The van der Waals surface area contributed by atoms with Crippen LogP contribution in [0.1, 0.15) is 13.3 Å². The average molecular weight is 253 g/mol. The number of likely N-dealkylation sites (N-methyl/N-ethyl adjacent to an activating group) is 1. The zero-order valence-corrected chi connectivity index (χ0v) is 10.3. The summed E-state index contributed by atoms with van der Waals surface area (Å²) >= 11 is 0. The monoisotopic (exact) mass is 253 g/mol. The van der Waals surface area contributed by atoms with Crippen molar-refractivity contribution in [1.82, 2.24) is 24.6 Å². The van der Waals surface area contributed by atoms with Crippen LogP contribution in [0.4, 0.5) is 9.18 Å². The van der Waals surface area contributed by atoms with Crippen molar-refractivity contribution < 1.29 is 9.18 Å². The van der Waals surface area contributed by atoms with E-state index in [1.165, 1.54) is 17.3 Å². The topological polar surface area (TPSA) is 54.3 Å². The molecule has 0 saturated carbocycles. The second-order valence-corrected chi connectivity index (χ2v) is 4.92. The molecular formula is C11H16FN5O. The first-order valence-electron chi connectivity index (χ1n) is 6.20. The number of likely N-dealkylation sites (tertiary alicyclic amines) is 2. The first-order valence-corrected chi connectivity index (χ1v) is 6.20. The third kappa shape index (κ3) is 1.46. The normalized spacial score (nSPS) is 31.9. The summed E-state index contributed by atoms with van der Waals surface area (Å²) in [7, 11) is 0. The quantitative estimate of drug-likeness (QED) is 0.725. The van der Waals surface area contributed by atoms with Gasteiger partial charge in [0.1, 0.15) is 18.8 Å². The Bertz CT molecular complexity index is 450. The van der Waals surface area contributed by atoms with Crippen molar-refractivity contribution in [3.63, 3.8) is 0 Å². The molecule has 0 N–H and O–H groups in total. The fourth-order valence-electron chi connectivity index (χ4n) is 2.91. The van der Waals surface area contributed by atoms with E-state index in [0.29, 0.717) is 19.6 Å². The highest BCUT2D eigenvalue weighted by atomic mass is 19.1. The van der Waals surface area contributed by atoms with Crippen LogP contribution in [0.15, 0.2) is 12.7 Å². The number of alkyl halides is 1. The molecule has 3 heterocycles. The van der Waals surface area contributed by atoms with Gasteiger partial charge in [0.05, 0.1) is 5.54 Å². The third-order valence-electron chi connectivity index (χ3n) is 4.10. The summed E-state index contributed by atoms with van der Waals surface area (Å²) in [5, 5.41) is 3.82. The summed E-state index contributed by atoms with van der Waals surface area (Å²) < 4.78 is 15.4. The molecule has 2 aliphatic rings. The standard InChI is InChI=1S/C11H16FN5O/c1-2-15-5-9(12)11(6-15)3-4-16(11)10(18)17-8-13-7-14-17/h7-9H,2-6H2,1H3. The van der Waals surface area contributed by atoms with Crippen molar-refractivity contribution in [2.24, 2.45) is 0 Å². The molecule has 0 aromatic carbocycles. The lowest BCUT2D eigenvalue weighted by Gasteiger charge is -2.51. The van der Waals surface area contributed by atoms with E-state index in [-0.39, 0.29) is 6.03 Å². The van der Waals surface area contributed by atoms with E-state index in [0.717, 1.165) is 13.0 Å². The lowest BCUT2D eigenvalue weighted by molar-refractivity contribution is -0.0112. The van der Waals surface area contributed by atoms with Gasteiger partial charge < -0.3 is 4.90 Å². The number of nitrogens with zero attached hydrogens (tertiary/aromatic N) is 5. The third-order valence-corrected chi connectivity index (χ3v) is 4.10. The highest BCUT2D eigenvalue weighted by molar-refractivity contribution is 5.77. The largest absolute Gasteiger partial charge is 0.346 e. The average Bonchev–Trinajstić information content (AvgIpc) is 2.95. The molecular weight excluding hydrogens is 237 g/mol. The van der Waals surface area contributed by atoms with Crippen LogP contribution in [-0.2, 0) is 0 Å². The summed E-state index contributed by atoms with van der Waals surface area (Å²) in [5.41, 5.74) is -0.640. The van der Waals surface area contributed by atoms with Crippen LogP contribution in [0.2, 0.25) is 0 Å². The van der Waals surface area contributed by atoms with Crippen LogP contribution < -0.4 is 0 Å². The number of carbonyl (C=O) groups is 1. The molecule has 2 aliphatic heterocycles. The molecule has 18 heavy (non-hydrogen) atoms. The molecule has 1 aromatic rings. The molecule has 2 saturated heterocycles. The summed E-state index contributed by atoms with van der Waals surface area (Å²) in [6, 6.07) is -0.278. The van der Waals surface area contributed by atoms with Crippen LogP contribution in [-0.4, -0.2) is 68.5 Å². The lowest BCUT2D eigenvalue weighted by atomic mass is 9.83. The predicted molar refractivity (Wildman–Crippen MR) is 61.9 cm³/mol. The Morgan fingerprint density at radius 3 is 2.94 bits per heavy atom. The SMILES string of the molecule is CCN1CC(F)C2(CCN2C(=O)n2cncn2)C1. The first-order chi connectivity index (χ1) is 8.67.